The predicted octanol–water partition coefficient (Wildman–Crippen LogP) is 7.51. The highest BCUT2D eigenvalue weighted by Gasteiger charge is 2.09. The summed E-state index contributed by atoms with van der Waals surface area (Å²) in [6.45, 7) is 5.06. The third-order valence-corrected chi connectivity index (χ3v) is 6.27. The van der Waals surface area contributed by atoms with Crippen molar-refractivity contribution in [2.75, 3.05) is 6.54 Å². The van der Waals surface area contributed by atoms with E-state index in [2.05, 4.69) is 13.8 Å². The number of unbranched alkanes of at least 4 members (excludes halogenated alkanes) is 17. The summed E-state index contributed by atoms with van der Waals surface area (Å²) in [7, 11) is 0. The van der Waals surface area contributed by atoms with Crippen molar-refractivity contribution in [3.8, 4) is 0 Å². The van der Waals surface area contributed by atoms with Gasteiger partial charge in [-0.15, -0.1) is 0 Å². The monoisotopic (exact) mass is 546 g/mol. The second-order valence-electron chi connectivity index (χ2n) is 10.2. The van der Waals surface area contributed by atoms with Crippen LogP contribution in [-0.4, -0.2) is 45.8 Å². The molecule has 0 radical (unpaired) electrons. The molecule has 0 fully saturated rings. The van der Waals surface area contributed by atoms with E-state index in [-0.39, 0.29) is 0 Å². The van der Waals surface area contributed by atoms with Crippen LogP contribution in [0.15, 0.2) is 0 Å². The zero-order valence-electron chi connectivity index (χ0n) is 24.8. The Labute approximate surface area is 233 Å². The number of carboxylic acids is 3. The second-order valence-corrected chi connectivity index (χ2v) is 10.2. The molecule has 38 heavy (non-hydrogen) atoms. The van der Waals surface area contributed by atoms with Crippen LogP contribution in [0.2, 0.25) is 0 Å². The molecule has 0 aromatic heterocycles. The highest BCUT2D eigenvalue weighted by molar-refractivity contribution is 5.72. The fraction of sp³-hybridized carbons (Fsp3) is 0.900. The smallest absolute Gasteiger partial charge is 0.320 e. The number of nitrogens with two attached hydrogens (primary N) is 2. The van der Waals surface area contributed by atoms with Crippen molar-refractivity contribution in [1.82, 2.24) is 0 Å². The molecule has 0 heterocycles. The third-order valence-electron chi connectivity index (χ3n) is 6.27. The zero-order valence-corrected chi connectivity index (χ0v) is 24.8. The van der Waals surface area contributed by atoms with Crippen LogP contribution in [0.1, 0.15) is 162 Å². The van der Waals surface area contributed by atoms with Crippen molar-refractivity contribution in [1.29, 1.82) is 0 Å². The Morgan fingerprint density at radius 3 is 1.11 bits per heavy atom. The predicted molar refractivity (Wildman–Crippen MR) is 157 cm³/mol. The molecule has 0 saturated carbocycles. The molecular weight excluding hydrogens is 484 g/mol. The Morgan fingerprint density at radius 2 is 0.842 bits per heavy atom. The van der Waals surface area contributed by atoms with Crippen molar-refractivity contribution >= 4 is 17.9 Å². The molecule has 0 amide bonds. The normalized spacial score (nSPS) is 11.1. The first kappa shape index (κ1) is 40.8. The minimum atomic E-state index is -0.933. The Morgan fingerprint density at radius 1 is 0.526 bits per heavy atom. The van der Waals surface area contributed by atoms with Crippen LogP contribution in [0.5, 0.6) is 0 Å². The summed E-state index contributed by atoms with van der Waals surface area (Å²) in [5.74, 6) is -2.25. The summed E-state index contributed by atoms with van der Waals surface area (Å²) < 4.78 is 0. The van der Waals surface area contributed by atoms with Crippen molar-refractivity contribution < 1.29 is 29.7 Å². The molecule has 0 saturated heterocycles. The van der Waals surface area contributed by atoms with Gasteiger partial charge in [0.15, 0.2) is 0 Å². The third kappa shape index (κ3) is 44.3. The first-order valence-electron chi connectivity index (χ1n) is 15.3. The quantitative estimate of drug-likeness (QED) is 0.0734. The van der Waals surface area contributed by atoms with Gasteiger partial charge in [-0.1, -0.05) is 123 Å². The molecule has 0 aliphatic heterocycles. The summed E-state index contributed by atoms with van der Waals surface area (Å²) >= 11 is 0. The van der Waals surface area contributed by atoms with Crippen LogP contribution in [0.25, 0.3) is 0 Å². The van der Waals surface area contributed by atoms with Crippen LogP contribution in [0.4, 0.5) is 0 Å². The molecule has 0 rings (SSSR count). The Balaban J connectivity index is -0.000000492. The van der Waals surface area contributed by atoms with Gasteiger partial charge in [-0.3, -0.25) is 14.4 Å². The van der Waals surface area contributed by atoms with E-state index in [1.165, 1.54) is 89.9 Å². The average molecular weight is 547 g/mol. The first-order valence-corrected chi connectivity index (χ1v) is 15.3. The summed E-state index contributed by atoms with van der Waals surface area (Å²) in [6, 6.07) is -0.716. The fourth-order valence-corrected chi connectivity index (χ4v) is 3.81. The summed E-state index contributed by atoms with van der Waals surface area (Å²) in [4.78, 5) is 30.6. The van der Waals surface area contributed by atoms with Gasteiger partial charge in [0.25, 0.3) is 0 Å². The topological polar surface area (TPSA) is 164 Å². The maximum atomic E-state index is 10.2. The minimum absolute atomic E-state index is 0.343. The van der Waals surface area contributed by atoms with Crippen LogP contribution in [-0.2, 0) is 14.4 Å². The van der Waals surface area contributed by atoms with Gasteiger partial charge >= 0.3 is 17.9 Å². The van der Waals surface area contributed by atoms with Gasteiger partial charge in [0.1, 0.15) is 6.04 Å². The Hall–Kier alpha value is -1.67. The lowest BCUT2D eigenvalue weighted by atomic mass is 10.1. The highest BCUT2D eigenvalue weighted by Crippen LogP contribution is 2.11. The Kier molecular flexibility index (Phi) is 38.0. The molecule has 0 spiro atoms. The van der Waals surface area contributed by atoms with Gasteiger partial charge in [-0.05, 0) is 32.2 Å². The lowest BCUT2D eigenvalue weighted by Crippen LogP contribution is -2.29. The molecule has 0 aromatic rings. The first-order chi connectivity index (χ1) is 18.2. The van der Waals surface area contributed by atoms with E-state index < -0.39 is 23.9 Å². The molecule has 7 N–H and O–H groups in total. The molecule has 8 nitrogen and oxygen atoms in total. The van der Waals surface area contributed by atoms with E-state index in [1.54, 1.807) is 0 Å². The van der Waals surface area contributed by atoms with Crippen LogP contribution in [0.3, 0.4) is 0 Å². The number of hydrogen-bond acceptors (Lipinski definition) is 5. The number of hydrogen-bond donors (Lipinski definition) is 5. The fourth-order valence-electron chi connectivity index (χ4n) is 3.81. The van der Waals surface area contributed by atoms with E-state index in [9.17, 15) is 14.4 Å². The molecule has 0 unspecified atom stereocenters. The molecule has 228 valence electrons. The van der Waals surface area contributed by atoms with E-state index in [4.69, 9.17) is 26.8 Å². The van der Waals surface area contributed by atoms with Crippen LogP contribution in [0, 0.1) is 0 Å². The molecule has 0 bridgehead atoms. The zero-order chi connectivity index (χ0) is 29.3. The molecule has 1 atom stereocenters. The van der Waals surface area contributed by atoms with Crippen LogP contribution >= 0.6 is 0 Å². The van der Waals surface area contributed by atoms with E-state index >= 15 is 0 Å². The summed E-state index contributed by atoms with van der Waals surface area (Å²) in [5.41, 5.74) is 10.4. The van der Waals surface area contributed by atoms with Gasteiger partial charge in [0.05, 0.1) is 0 Å². The van der Waals surface area contributed by atoms with Crippen molar-refractivity contribution in [2.45, 2.75) is 168 Å². The van der Waals surface area contributed by atoms with Gasteiger partial charge in [-0.2, -0.15) is 0 Å². The maximum Gasteiger partial charge on any atom is 0.320 e. The Bertz CT molecular complexity index is 485. The average Bonchev–Trinajstić information content (AvgIpc) is 2.87. The van der Waals surface area contributed by atoms with Gasteiger partial charge in [0.2, 0.25) is 0 Å². The van der Waals surface area contributed by atoms with E-state index in [0.29, 0.717) is 25.8 Å². The molecule has 0 aliphatic rings. The second kappa shape index (κ2) is 35.3. The molecule has 0 aliphatic carbocycles. The molecule has 8 heteroatoms. The molecule has 0 aromatic carbocycles. The van der Waals surface area contributed by atoms with E-state index in [0.717, 1.165) is 38.5 Å². The number of aliphatic carboxylic acids is 3. The number of carbonyl (C=O) groups is 3. The SMILES string of the molecule is CCCCCCCCCCCC(=O)O.CCCCCCCCCCCC(=O)O.NCCCC[C@H](N)C(=O)O. The van der Waals surface area contributed by atoms with Crippen LogP contribution < -0.4 is 11.5 Å². The summed E-state index contributed by atoms with van der Waals surface area (Å²) in [5, 5.41) is 25.2. The maximum absolute atomic E-state index is 10.2. The lowest BCUT2D eigenvalue weighted by Gasteiger charge is -2.03. The highest BCUT2D eigenvalue weighted by atomic mass is 16.4. The van der Waals surface area contributed by atoms with E-state index in [1.807, 2.05) is 0 Å². The molecular formula is C30H62N2O6. The van der Waals surface area contributed by atoms with Crippen molar-refractivity contribution in [2.24, 2.45) is 11.5 Å². The van der Waals surface area contributed by atoms with Gasteiger partial charge in [0, 0.05) is 12.8 Å². The van der Waals surface area contributed by atoms with Crippen molar-refractivity contribution in [3.63, 3.8) is 0 Å². The van der Waals surface area contributed by atoms with Crippen molar-refractivity contribution in [3.05, 3.63) is 0 Å². The standard InChI is InChI=1S/2C12H24O2.C6H14N2O2/c2*1-2-3-4-5-6-7-8-9-10-11-12(13)14;7-4-2-1-3-5(8)6(9)10/h2*2-11H2,1H3,(H,13,14);5H,1-4,7-8H2,(H,9,10)/t;;5-/m..0/s1. The largest absolute Gasteiger partial charge is 0.481 e. The number of carboxylic acid groups (broad SMARTS) is 3. The van der Waals surface area contributed by atoms with Gasteiger partial charge in [-0.25, -0.2) is 0 Å². The number of rotatable bonds is 25. The minimum Gasteiger partial charge on any atom is -0.481 e. The van der Waals surface area contributed by atoms with Gasteiger partial charge < -0.3 is 26.8 Å². The lowest BCUT2D eigenvalue weighted by molar-refractivity contribution is -0.139. The summed E-state index contributed by atoms with van der Waals surface area (Å²) in [6.07, 6.45) is 25.1.